The van der Waals surface area contributed by atoms with Crippen LogP contribution in [-0.2, 0) is 0 Å². The normalized spacial score (nSPS) is 29.1. The third-order valence-electron chi connectivity index (χ3n) is 4.76. The third-order valence-corrected chi connectivity index (χ3v) is 4.76. The Morgan fingerprint density at radius 3 is 2.65 bits per heavy atom. The van der Waals surface area contributed by atoms with E-state index in [4.69, 9.17) is 5.73 Å². The molecule has 4 rings (SSSR count). The molecule has 1 aromatic heterocycles. The minimum atomic E-state index is -0.137. The SMILES string of the molecule is Nc1ccc(N2C3CCC2CC(O)C3)c2cccnc12. The summed E-state index contributed by atoms with van der Waals surface area (Å²) < 4.78 is 0. The van der Waals surface area contributed by atoms with Crippen LogP contribution in [0.1, 0.15) is 25.7 Å². The highest BCUT2D eigenvalue weighted by Crippen LogP contribution is 2.42. The van der Waals surface area contributed by atoms with Crippen molar-refractivity contribution < 1.29 is 5.11 Å². The summed E-state index contributed by atoms with van der Waals surface area (Å²) in [6, 6.07) is 9.04. The highest BCUT2D eigenvalue weighted by Gasteiger charge is 2.40. The summed E-state index contributed by atoms with van der Waals surface area (Å²) in [6.07, 6.45) is 5.76. The minimum absolute atomic E-state index is 0.137. The predicted molar refractivity (Wildman–Crippen MR) is 80.7 cm³/mol. The van der Waals surface area contributed by atoms with Gasteiger partial charge in [-0.15, -0.1) is 0 Å². The number of aliphatic hydroxyl groups is 1. The van der Waals surface area contributed by atoms with Gasteiger partial charge in [0.15, 0.2) is 0 Å². The lowest BCUT2D eigenvalue weighted by Crippen LogP contribution is -2.44. The van der Waals surface area contributed by atoms with Gasteiger partial charge in [-0.2, -0.15) is 0 Å². The van der Waals surface area contributed by atoms with Crippen LogP contribution in [0.15, 0.2) is 30.5 Å². The van der Waals surface area contributed by atoms with Gasteiger partial charge < -0.3 is 15.7 Å². The minimum Gasteiger partial charge on any atom is -0.397 e. The van der Waals surface area contributed by atoms with Gasteiger partial charge in [0.2, 0.25) is 0 Å². The Morgan fingerprint density at radius 1 is 1.15 bits per heavy atom. The van der Waals surface area contributed by atoms with E-state index < -0.39 is 0 Å². The Bertz CT molecular complexity index is 643. The average molecular weight is 269 g/mol. The van der Waals surface area contributed by atoms with Crippen LogP contribution in [-0.4, -0.2) is 28.3 Å². The van der Waals surface area contributed by atoms with Crippen molar-refractivity contribution in [1.29, 1.82) is 0 Å². The van der Waals surface area contributed by atoms with Crippen LogP contribution < -0.4 is 10.6 Å². The number of hydrogen-bond donors (Lipinski definition) is 2. The molecule has 104 valence electrons. The highest BCUT2D eigenvalue weighted by molar-refractivity contribution is 5.99. The quantitative estimate of drug-likeness (QED) is 0.780. The first-order valence-corrected chi connectivity index (χ1v) is 7.33. The van der Waals surface area contributed by atoms with Gasteiger partial charge in [-0.1, -0.05) is 0 Å². The van der Waals surface area contributed by atoms with E-state index in [2.05, 4.69) is 22.0 Å². The molecule has 3 heterocycles. The molecule has 4 heteroatoms. The summed E-state index contributed by atoms with van der Waals surface area (Å²) >= 11 is 0. The van der Waals surface area contributed by atoms with Crippen molar-refractivity contribution in [3.05, 3.63) is 30.5 Å². The summed E-state index contributed by atoms with van der Waals surface area (Å²) in [4.78, 5) is 6.92. The molecule has 2 fully saturated rings. The topological polar surface area (TPSA) is 62.4 Å². The second-order valence-electron chi connectivity index (χ2n) is 5.99. The van der Waals surface area contributed by atoms with Crippen molar-refractivity contribution >= 4 is 22.3 Å². The molecule has 2 saturated heterocycles. The number of anilines is 2. The van der Waals surface area contributed by atoms with E-state index >= 15 is 0 Å². The lowest BCUT2D eigenvalue weighted by molar-refractivity contribution is 0.126. The Kier molecular flexibility index (Phi) is 2.60. The fourth-order valence-corrected chi connectivity index (χ4v) is 3.95. The van der Waals surface area contributed by atoms with Crippen molar-refractivity contribution in [3.63, 3.8) is 0 Å². The number of hydrogen-bond acceptors (Lipinski definition) is 4. The summed E-state index contributed by atoms with van der Waals surface area (Å²) in [5.74, 6) is 0. The zero-order chi connectivity index (χ0) is 13.7. The first kappa shape index (κ1) is 12.0. The first-order chi connectivity index (χ1) is 9.74. The van der Waals surface area contributed by atoms with E-state index in [9.17, 15) is 5.11 Å². The van der Waals surface area contributed by atoms with E-state index in [1.165, 1.54) is 18.5 Å². The number of aromatic nitrogens is 1. The van der Waals surface area contributed by atoms with Crippen molar-refractivity contribution in [3.8, 4) is 0 Å². The molecule has 4 nitrogen and oxygen atoms in total. The maximum Gasteiger partial charge on any atom is 0.0951 e. The number of piperidine rings is 1. The number of fused-ring (bicyclic) bond motifs is 3. The van der Waals surface area contributed by atoms with Crippen molar-refractivity contribution in [2.75, 3.05) is 10.6 Å². The van der Waals surface area contributed by atoms with E-state index in [0.29, 0.717) is 12.1 Å². The first-order valence-electron chi connectivity index (χ1n) is 7.33. The summed E-state index contributed by atoms with van der Waals surface area (Å²) in [6.45, 7) is 0. The van der Waals surface area contributed by atoms with Gasteiger partial charge in [-0.3, -0.25) is 4.98 Å². The van der Waals surface area contributed by atoms with E-state index in [0.717, 1.165) is 29.4 Å². The van der Waals surface area contributed by atoms with E-state index in [-0.39, 0.29) is 6.10 Å². The smallest absolute Gasteiger partial charge is 0.0951 e. The number of nitrogen functional groups attached to an aromatic ring is 1. The maximum absolute atomic E-state index is 9.95. The van der Waals surface area contributed by atoms with Gasteiger partial charge >= 0.3 is 0 Å². The van der Waals surface area contributed by atoms with Gasteiger partial charge in [0.25, 0.3) is 0 Å². The molecule has 3 N–H and O–H groups in total. The molecule has 0 aliphatic carbocycles. The van der Waals surface area contributed by atoms with E-state index in [1.807, 2.05) is 12.1 Å². The largest absolute Gasteiger partial charge is 0.397 e. The van der Waals surface area contributed by atoms with Crippen LogP contribution >= 0.6 is 0 Å². The summed E-state index contributed by atoms with van der Waals surface area (Å²) in [7, 11) is 0. The predicted octanol–water partition coefficient (Wildman–Crippen LogP) is 2.31. The fraction of sp³-hybridized carbons (Fsp3) is 0.438. The lowest BCUT2D eigenvalue weighted by atomic mass is 9.98. The zero-order valence-electron chi connectivity index (χ0n) is 11.4. The number of pyridine rings is 1. The molecular weight excluding hydrogens is 250 g/mol. The molecular formula is C16H19N3O. The average Bonchev–Trinajstić information content (AvgIpc) is 2.72. The van der Waals surface area contributed by atoms with Crippen LogP contribution in [0.25, 0.3) is 10.9 Å². The molecule has 2 atom stereocenters. The number of nitrogens with two attached hydrogens (primary N) is 1. The van der Waals surface area contributed by atoms with Crippen molar-refractivity contribution in [2.45, 2.75) is 43.9 Å². The van der Waals surface area contributed by atoms with Gasteiger partial charge in [-0.05, 0) is 49.9 Å². The van der Waals surface area contributed by atoms with Crippen LogP contribution in [0.3, 0.4) is 0 Å². The standard InChI is InChI=1S/C16H19N3O/c17-14-5-6-15(13-2-1-7-18-16(13)14)19-10-3-4-11(19)9-12(20)8-10/h1-2,5-7,10-12,20H,3-4,8-9,17H2. The van der Waals surface area contributed by atoms with Gasteiger partial charge in [0.1, 0.15) is 0 Å². The molecule has 2 unspecified atom stereocenters. The second kappa shape index (κ2) is 4.35. The highest BCUT2D eigenvalue weighted by atomic mass is 16.3. The summed E-state index contributed by atoms with van der Waals surface area (Å²) in [5, 5.41) is 11.1. The second-order valence-corrected chi connectivity index (χ2v) is 5.99. The molecule has 2 aliphatic heterocycles. The third kappa shape index (κ3) is 1.68. The molecule has 1 aromatic carbocycles. The Morgan fingerprint density at radius 2 is 1.90 bits per heavy atom. The molecule has 0 amide bonds. The van der Waals surface area contributed by atoms with E-state index in [1.54, 1.807) is 6.20 Å². The number of aliphatic hydroxyl groups excluding tert-OH is 1. The van der Waals surface area contributed by atoms with Crippen molar-refractivity contribution in [2.24, 2.45) is 0 Å². The Labute approximate surface area is 118 Å². The Balaban J connectivity index is 1.85. The van der Waals surface area contributed by atoms with Gasteiger partial charge in [-0.25, -0.2) is 0 Å². The van der Waals surface area contributed by atoms with Gasteiger partial charge in [0, 0.05) is 29.4 Å². The summed E-state index contributed by atoms with van der Waals surface area (Å²) in [5.41, 5.74) is 8.88. The Hall–Kier alpha value is -1.81. The van der Waals surface area contributed by atoms with Crippen LogP contribution in [0.4, 0.5) is 11.4 Å². The monoisotopic (exact) mass is 269 g/mol. The fourth-order valence-electron chi connectivity index (χ4n) is 3.95. The molecule has 2 aliphatic rings. The molecule has 0 spiro atoms. The van der Waals surface area contributed by atoms with Crippen LogP contribution in [0.2, 0.25) is 0 Å². The molecule has 0 radical (unpaired) electrons. The number of benzene rings is 1. The van der Waals surface area contributed by atoms with Crippen LogP contribution in [0.5, 0.6) is 0 Å². The van der Waals surface area contributed by atoms with Crippen LogP contribution in [0, 0.1) is 0 Å². The molecule has 2 bridgehead atoms. The number of nitrogens with zero attached hydrogens (tertiary/aromatic N) is 2. The maximum atomic E-state index is 9.95. The molecule has 20 heavy (non-hydrogen) atoms. The zero-order valence-corrected chi connectivity index (χ0v) is 11.4. The molecule has 2 aromatic rings. The molecule has 0 saturated carbocycles. The number of rotatable bonds is 1. The lowest BCUT2D eigenvalue weighted by Gasteiger charge is -2.39. The van der Waals surface area contributed by atoms with Crippen molar-refractivity contribution in [1.82, 2.24) is 4.98 Å². The van der Waals surface area contributed by atoms with Gasteiger partial charge in [0.05, 0.1) is 17.3 Å².